The fourth-order valence-corrected chi connectivity index (χ4v) is 2.62. The highest BCUT2D eigenvalue weighted by molar-refractivity contribution is 5.89. The van der Waals surface area contributed by atoms with Crippen molar-refractivity contribution < 1.29 is 9.53 Å². The SMILES string of the molecule is Cc1cccc(Cc2c(C(=O)OC(C)C)nc3cc[nH]n3c2=O)c1. The number of nitrogens with zero attached hydrogens (tertiary/aromatic N) is 2. The Hall–Kier alpha value is -2.89. The normalized spacial score (nSPS) is 11.2. The first-order valence-corrected chi connectivity index (χ1v) is 7.81. The summed E-state index contributed by atoms with van der Waals surface area (Å²) in [7, 11) is 0. The zero-order chi connectivity index (χ0) is 17.3. The van der Waals surface area contributed by atoms with Crippen LogP contribution in [0.5, 0.6) is 0 Å². The summed E-state index contributed by atoms with van der Waals surface area (Å²) in [6.07, 6.45) is 1.64. The summed E-state index contributed by atoms with van der Waals surface area (Å²) in [6.45, 7) is 5.51. The van der Waals surface area contributed by atoms with E-state index >= 15 is 0 Å². The average Bonchev–Trinajstić information content (AvgIpc) is 2.98. The van der Waals surface area contributed by atoms with E-state index < -0.39 is 5.97 Å². The fourth-order valence-electron chi connectivity index (χ4n) is 2.62. The Bertz CT molecular complexity index is 954. The zero-order valence-electron chi connectivity index (χ0n) is 13.9. The van der Waals surface area contributed by atoms with Crippen molar-refractivity contribution in [1.29, 1.82) is 0 Å². The number of esters is 1. The van der Waals surface area contributed by atoms with Gasteiger partial charge in [0.15, 0.2) is 11.3 Å². The van der Waals surface area contributed by atoms with Gasteiger partial charge in [0.2, 0.25) is 0 Å². The van der Waals surface area contributed by atoms with Crippen LogP contribution in [0.3, 0.4) is 0 Å². The van der Waals surface area contributed by atoms with Gasteiger partial charge < -0.3 is 4.74 Å². The monoisotopic (exact) mass is 325 g/mol. The van der Waals surface area contributed by atoms with Crippen molar-refractivity contribution in [3.8, 4) is 0 Å². The van der Waals surface area contributed by atoms with Gasteiger partial charge in [-0.3, -0.25) is 9.89 Å². The number of aromatic amines is 1. The van der Waals surface area contributed by atoms with Crippen molar-refractivity contribution in [3.63, 3.8) is 0 Å². The quantitative estimate of drug-likeness (QED) is 0.748. The third-order valence-electron chi connectivity index (χ3n) is 3.64. The second-order valence-electron chi connectivity index (χ2n) is 6.02. The van der Waals surface area contributed by atoms with E-state index in [1.807, 2.05) is 31.2 Å². The summed E-state index contributed by atoms with van der Waals surface area (Å²) in [6, 6.07) is 9.46. The van der Waals surface area contributed by atoms with E-state index in [1.165, 1.54) is 4.52 Å². The van der Waals surface area contributed by atoms with Crippen LogP contribution in [-0.4, -0.2) is 26.7 Å². The predicted octanol–water partition coefficient (Wildman–Crippen LogP) is 2.49. The molecular weight excluding hydrogens is 306 g/mol. The van der Waals surface area contributed by atoms with Crippen LogP contribution >= 0.6 is 0 Å². The average molecular weight is 325 g/mol. The van der Waals surface area contributed by atoms with Gasteiger partial charge in [-0.15, -0.1) is 0 Å². The minimum atomic E-state index is -0.576. The van der Waals surface area contributed by atoms with Gasteiger partial charge in [0.05, 0.1) is 11.7 Å². The minimum Gasteiger partial charge on any atom is -0.458 e. The van der Waals surface area contributed by atoms with Gasteiger partial charge in [-0.25, -0.2) is 14.3 Å². The number of hydrogen-bond acceptors (Lipinski definition) is 4. The lowest BCUT2D eigenvalue weighted by atomic mass is 10.0. The molecule has 3 aromatic rings. The first-order chi connectivity index (χ1) is 11.5. The second kappa shape index (κ2) is 6.31. The third kappa shape index (κ3) is 3.08. The predicted molar refractivity (Wildman–Crippen MR) is 90.3 cm³/mol. The Morgan fingerprint density at radius 3 is 2.83 bits per heavy atom. The lowest BCUT2D eigenvalue weighted by molar-refractivity contribution is 0.0369. The lowest BCUT2D eigenvalue weighted by Gasteiger charge is -2.11. The van der Waals surface area contributed by atoms with E-state index in [-0.39, 0.29) is 17.4 Å². The van der Waals surface area contributed by atoms with Crippen LogP contribution in [-0.2, 0) is 11.2 Å². The van der Waals surface area contributed by atoms with Crippen molar-refractivity contribution in [2.75, 3.05) is 0 Å². The number of aryl methyl sites for hydroxylation is 1. The maximum Gasteiger partial charge on any atom is 0.357 e. The van der Waals surface area contributed by atoms with E-state index in [0.29, 0.717) is 17.6 Å². The number of carbonyl (C=O) groups excluding carboxylic acids is 1. The number of nitrogens with one attached hydrogen (secondary N) is 1. The maximum atomic E-state index is 12.8. The molecule has 2 aromatic heterocycles. The summed E-state index contributed by atoms with van der Waals surface area (Å²) in [5, 5.41) is 2.82. The molecule has 0 aliphatic carbocycles. The molecule has 0 saturated heterocycles. The second-order valence-corrected chi connectivity index (χ2v) is 6.02. The molecule has 0 fully saturated rings. The summed E-state index contributed by atoms with van der Waals surface area (Å²) >= 11 is 0. The van der Waals surface area contributed by atoms with Gasteiger partial charge in [0.25, 0.3) is 5.56 Å². The van der Waals surface area contributed by atoms with Crippen molar-refractivity contribution in [3.05, 3.63) is 69.3 Å². The molecule has 3 rings (SSSR count). The number of carbonyl (C=O) groups is 1. The van der Waals surface area contributed by atoms with Crippen LogP contribution in [0.2, 0.25) is 0 Å². The fraction of sp³-hybridized carbons (Fsp3) is 0.278. The summed E-state index contributed by atoms with van der Waals surface area (Å²) in [5.74, 6) is -0.576. The van der Waals surface area contributed by atoms with Gasteiger partial charge in [0, 0.05) is 18.7 Å². The van der Waals surface area contributed by atoms with E-state index in [2.05, 4.69) is 10.1 Å². The molecule has 0 aliphatic heterocycles. The molecule has 0 amide bonds. The van der Waals surface area contributed by atoms with Gasteiger partial charge >= 0.3 is 5.97 Å². The Kier molecular flexibility index (Phi) is 4.20. The highest BCUT2D eigenvalue weighted by atomic mass is 16.5. The number of ether oxygens (including phenoxy) is 1. The molecule has 0 radical (unpaired) electrons. The number of rotatable bonds is 4. The van der Waals surface area contributed by atoms with Crippen LogP contribution in [0.4, 0.5) is 0 Å². The van der Waals surface area contributed by atoms with E-state index in [1.54, 1.807) is 26.1 Å². The van der Waals surface area contributed by atoms with Crippen LogP contribution < -0.4 is 5.56 Å². The van der Waals surface area contributed by atoms with Crippen LogP contribution in [0.15, 0.2) is 41.3 Å². The van der Waals surface area contributed by atoms with Crippen molar-refractivity contribution in [2.24, 2.45) is 0 Å². The molecule has 0 spiro atoms. The standard InChI is InChI=1S/C18H19N3O3/c1-11(2)24-18(23)16-14(10-13-6-4-5-12(3)9-13)17(22)21-15(20-16)7-8-19-21/h4-9,11,19H,10H2,1-3H3. The molecule has 0 aliphatic rings. The van der Waals surface area contributed by atoms with Crippen molar-refractivity contribution in [2.45, 2.75) is 33.3 Å². The molecule has 6 nitrogen and oxygen atoms in total. The number of fused-ring (bicyclic) bond motifs is 1. The maximum absolute atomic E-state index is 12.8. The molecule has 124 valence electrons. The molecule has 0 bridgehead atoms. The molecule has 0 atom stereocenters. The number of aromatic nitrogens is 3. The van der Waals surface area contributed by atoms with E-state index in [4.69, 9.17) is 4.74 Å². The largest absolute Gasteiger partial charge is 0.458 e. The highest BCUT2D eigenvalue weighted by Crippen LogP contribution is 2.14. The Morgan fingerprint density at radius 2 is 2.12 bits per heavy atom. The Balaban J connectivity index is 2.14. The summed E-state index contributed by atoms with van der Waals surface area (Å²) in [4.78, 5) is 29.5. The first-order valence-electron chi connectivity index (χ1n) is 7.81. The van der Waals surface area contributed by atoms with Gasteiger partial charge in [-0.1, -0.05) is 29.8 Å². The summed E-state index contributed by atoms with van der Waals surface area (Å²) < 4.78 is 6.59. The molecule has 0 unspecified atom stereocenters. The van der Waals surface area contributed by atoms with Gasteiger partial charge in [0.1, 0.15) is 0 Å². The third-order valence-corrected chi connectivity index (χ3v) is 3.64. The van der Waals surface area contributed by atoms with Gasteiger partial charge in [-0.05, 0) is 26.3 Å². The van der Waals surface area contributed by atoms with Crippen molar-refractivity contribution in [1.82, 2.24) is 14.6 Å². The molecule has 1 aromatic carbocycles. The topological polar surface area (TPSA) is 76.5 Å². The molecule has 0 saturated carbocycles. The number of hydrogen-bond donors (Lipinski definition) is 1. The lowest BCUT2D eigenvalue weighted by Crippen LogP contribution is -2.26. The van der Waals surface area contributed by atoms with Crippen LogP contribution in [0.1, 0.15) is 41.0 Å². The Morgan fingerprint density at radius 1 is 1.33 bits per heavy atom. The van der Waals surface area contributed by atoms with Gasteiger partial charge in [-0.2, -0.15) is 0 Å². The summed E-state index contributed by atoms with van der Waals surface area (Å²) in [5.41, 5.74) is 2.54. The molecular formula is C18H19N3O3. The van der Waals surface area contributed by atoms with Crippen LogP contribution in [0.25, 0.3) is 5.65 Å². The molecule has 2 heterocycles. The van der Waals surface area contributed by atoms with Crippen molar-refractivity contribution >= 4 is 11.6 Å². The zero-order valence-corrected chi connectivity index (χ0v) is 13.9. The molecule has 1 N–H and O–H groups in total. The minimum absolute atomic E-state index is 0.0785. The number of H-pyrrole nitrogens is 1. The first kappa shape index (κ1) is 16.0. The molecule has 6 heteroatoms. The molecule has 24 heavy (non-hydrogen) atoms. The van der Waals surface area contributed by atoms with E-state index in [0.717, 1.165) is 11.1 Å². The van der Waals surface area contributed by atoms with E-state index in [9.17, 15) is 9.59 Å². The smallest absolute Gasteiger partial charge is 0.357 e. The Labute approximate surface area is 139 Å². The van der Waals surface area contributed by atoms with Crippen LogP contribution in [0, 0.1) is 6.92 Å². The highest BCUT2D eigenvalue weighted by Gasteiger charge is 2.22. The number of benzene rings is 1.